The Hall–Kier alpha value is -0.830. The minimum absolute atomic E-state index is 0.0666. The van der Waals surface area contributed by atoms with Gasteiger partial charge in [-0.1, -0.05) is 135 Å². The maximum absolute atomic E-state index is 11.5. The molecule has 0 amide bonds. The summed E-state index contributed by atoms with van der Waals surface area (Å²) < 4.78 is 4.86. The number of carbonyl (C=O) groups is 1. The molecule has 0 atom stereocenters. The van der Waals surface area contributed by atoms with E-state index in [1.54, 1.807) is 0 Å². The van der Waals surface area contributed by atoms with Gasteiger partial charge in [-0.25, -0.2) is 4.79 Å². The van der Waals surface area contributed by atoms with Gasteiger partial charge in [0.15, 0.2) is 0 Å². The number of unbranched alkanes of at least 4 members (excludes halogenated alkanes) is 19. The van der Waals surface area contributed by atoms with Gasteiger partial charge < -0.3 is 9.84 Å². The highest BCUT2D eigenvalue weighted by Crippen LogP contribution is 2.15. The van der Waals surface area contributed by atoms with E-state index in [0.717, 1.165) is 12.8 Å². The molecule has 0 heterocycles. The number of ether oxygens (including phenoxy) is 1. The predicted molar refractivity (Wildman–Crippen MR) is 130 cm³/mol. The van der Waals surface area contributed by atoms with E-state index in [2.05, 4.69) is 13.5 Å². The lowest BCUT2D eigenvalue weighted by Crippen LogP contribution is -2.10. The first-order valence-electron chi connectivity index (χ1n) is 13.2. The molecule has 1 N–H and O–H groups in total. The van der Waals surface area contributed by atoms with Gasteiger partial charge in [0.1, 0.15) is 6.61 Å². The summed E-state index contributed by atoms with van der Waals surface area (Å²) in [5, 5.41) is 8.64. The fourth-order valence-electron chi connectivity index (χ4n) is 3.94. The average molecular weight is 425 g/mol. The highest BCUT2D eigenvalue weighted by atomic mass is 16.5. The summed E-state index contributed by atoms with van der Waals surface area (Å²) in [6.07, 6.45) is 28.2. The van der Waals surface area contributed by atoms with Gasteiger partial charge in [0.2, 0.25) is 0 Å². The monoisotopic (exact) mass is 424 g/mol. The molecule has 0 radical (unpaired) electrons. The Bertz CT molecular complexity index is 378. The van der Waals surface area contributed by atoms with Crippen molar-refractivity contribution in [2.75, 3.05) is 13.2 Å². The first kappa shape index (κ1) is 29.2. The van der Waals surface area contributed by atoms with Gasteiger partial charge >= 0.3 is 5.97 Å². The second-order valence-electron chi connectivity index (χ2n) is 8.93. The Balaban J connectivity index is 3.14. The molecule has 3 heteroatoms. The lowest BCUT2D eigenvalue weighted by atomic mass is 10.0. The molecule has 0 bridgehead atoms. The summed E-state index contributed by atoms with van der Waals surface area (Å²) in [5.41, 5.74) is 0.533. The van der Waals surface area contributed by atoms with Crippen LogP contribution >= 0.6 is 0 Å². The van der Waals surface area contributed by atoms with Crippen LogP contribution in [0.25, 0.3) is 0 Å². The van der Waals surface area contributed by atoms with Gasteiger partial charge in [-0.15, -0.1) is 0 Å². The zero-order valence-electron chi connectivity index (χ0n) is 20.2. The second kappa shape index (κ2) is 24.4. The van der Waals surface area contributed by atoms with E-state index in [0.29, 0.717) is 12.0 Å². The van der Waals surface area contributed by atoms with Gasteiger partial charge in [-0.3, -0.25) is 0 Å². The zero-order chi connectivity index (χ0) is 22.1. The summed E-state index contributed by atoms with van der Waals surface area (Å²) in [5.74, 6) is -0.359. The molecule has 178 valence electrons. The third kappa shape index (κ3) is 21.9. The first-order valence-corrected chi connectivity index (χ1v) is 13.2. The van der Waals surface area contributed by atoms with Gasteiger partial charge in [-0.2, -0.15) is 0 Å². The Labute approximate surface area is 188 Å². The largest absolute Gasteiger partial charge is 0.460 e. The number of hydrogen-bond donors (Lipinski definition) is 1. The molecule has 0 aliphatic carbocycles. The third-order valence-electron chi connectivity index (χ3n) is 5.95. The van der Waals surface area contributed by atoms with Gasteiger partial charge in [0, 0.05) is 5.57 Å². The highest BCUT2D eigenvalue weighted by Gasteiger charge is 2.07. The number of carbonyl (C=O) groups excluding carboxylic acids is 1. The molecular formula is C27H52O3. The van der Waals surface area contributed by atoms with Crippen LogP contribution in [-0.4, -0.2) is 24.3 Å². The van der Waals surface area contributed by atoms with Gasteiger partial charge in [0.05, 0.1) is 6.61 Å². The van der Waals surface area contributed by atoms with Crippen LogP contribution in [0, 0.1) is 0 Å². The second-order valence-corrected chi connectivity index (χ2v) is 8.93. The van der Waals surface area contributed by atoms with E-state index < -0.39 is 0 Å². The van der Waals surface area contributed by atoms with Gasteiger partial charge in [0.25, 0.3) is 0 Å². The van der Waals surface area contributed by atoms with Crippen molar-refractivity contribution in [2.45, 2.75) is 142 Å². The van der Waals surface area contributed by atoms with Crippen LogP contribution in [-0.2, 0) is 9.53 Å². The minimum Gasteiger partial charge on any atom is -0.460 e. The van der Waals surface area contributed by atoms with E-state index in [9.17, 15) is 4.79 Å². The van der Waals surface area contributed by atoms with Crippen molar-refractivity contribution in [2.24, 2.45) is 0 Å². The SMILES string of the molecule is C=C(CCCCCCCCCCCCCCCCCCCCCC)C(=O)OCCO. The van der Waals surface area contributed by atoms with Crippen molar-refractivity contribution in [3.8, 4) is 0 Å². The van der Waals surface area contributed by atoms with E-state index in [-0.39, 0.29) is 19.2 Å². The Morgan fingerprint density at radius 3 is 1.30 bits per heavy atom. The van der Waals surface area contributed by atoms with Crippen molar-refractivity contribution >= 4 is 5.97 Å². The summed E-state index contributed by atoms with van der Waals surface area (Å²) in [7, 11) is 0. The van der Waals surface area contributed by atoms with Crippen molar-refractivity contribution in [3.05, 3.63) is 12.2 Å². The fourth-order valence-corrected chi connectivity index (χ4v) is 3.94. The normalized spacial score (nSPS) is 11.0. The van der Waals surface area contributed by atoms with Crippen molar-refractivity contribution in [1.82, 2.24) is 0 Å². The lowest BCUT2D eigenvalue weighted by Gasteiger charge is -2.06. The lowest BCUT2D eigenvalue weighted by molar-refractivity contribution is -0.140. The Morgan fingerprint density at radius 2 is 0.967 bits per heavy atom. The molecule has 0 saturated carbocycles. The van der Waals surface area contributed by atoms with Crippen LogP contribution in [0.15, 0.2) is 12.2 Å². The number of hydrogen-bond acceptors (Lipinski definition) is 3. The summed E-state index contributed by atoms with van der Waals surface area (Å²) in [6, 6.07) is 0. The first-order chi connectivity index (χ1) is 14.7. The van der Waals surface area contributed by atoms with Crippen molar-refractivity contribution in [3.63, 3.8) is 0 Å². The van der Waals surface area contributed by atoms with Crippen LogP contribution in [0.2, 0.25) is 0 Å². The van der Waals surface area contributed by atoms with E-state index >= 15 is 0 Å². The molecule has 30 heavy (non-hydrogen) atoms. The number of esters is 1. The quantitative estimate of drug-likeness (QED) is 0.0962. The van der Waals surface area contributed by atoms with Gasteiger partial charge in [-0.05, 0) is 12.8 Å². The fraction of sp³-hybridized carbons (Fsp3) is 0.889. The van der Waals surface area contributed by atoms with E-state index in [4.69, 9.17) is 9.84 Å². The van der Waals surface area contributed by atoms with Crippen LogP contribution in [0.5, 0.6) is 0 Å². The van der Waals surface area contributed by atoms with Crippen molar-refractivity contribution < 1.29 is 14.6 Å². The van der Waals surface area contributed by atoms with Crippen LogP contribution in [0.1, 0.15) is 142 Å². The molecule has 0 unspecified atom stereocenters. The molecule has 3 nitrogen and oxygen atoms in total. The molecule has 0 aromatic rings. The predicted octanol–water partition coefficient (Wildman–Crippen LogP) is 8.29. The number of aliphatic hydroxyl groups excluding tert-OH is 1. The molecule has 0 aliphatic heterocycles. The minimum atomic E-state index is -0.359. The Morgan fingerprint density at radius 1 is 0.633 bits per heavy atom. The van der Waals surface area contributed by atoms with E-state index in [1.807, 2.05) is 0 Å². The molecular weight excluding hydrogens is 372 g/mol. The summed E-state index contributed by atoms with van der Waals surface area (Å²) in [6.45, 7) is 6.00. The topological polar surface area (TPSA) is 46.5 Å². The Kier molecular flexibility index (Phi) is 23.8. The molecule has 0 aliphatic rings. The molecule has 0 fully saturated rings. The number of rotatable bonds is 24. The number of aliphatic hydroxyl groups is 1. The molecule has 0 rings (SSSR count). The van der Waals surface area contributed by atoms with Crippen molar-refractivity contribution in [1.29, 1.82) is 0 Å². The van der Waals surface area contributed by atoms with E-state index in [1.165, 1.54) is 116 Å². The molecule has 0 aromatic carbocycles. The summed E-state index contributed by atoms with van der Waals surface area (Å²) in [4.78, 5) is 11.5. The average Bonchev–Trinajstić information content (AvgIpc) is 2.75. The highest BCUT2D eigenvalue weighted by molar-refractivity contribution is 5.87. The third-order valence-corrected chi connectivity index (χ3v) is 5.95. The van der Waals surface area contributed by atoms with Crippen LogP contribution in [0.4, 0.5) is 0 Å². The molecule has 0 aromatic heterocycles. The van der Waals surface area contributed by atoms with Crippen LogP contribution in [0.3, 0.4) is 0 Å². The van der Waals surface area contributed by atoms with Crippen LogP contribution < -0.4 is 0 Å². The maximum atomic E-state index is 11.5. The summed E-state index contributed by atoms with van der Waals surface area (Å²) >= 11 is 0. The standard InChI is InChI=1S/C27H52O3/c1-3-4-5-6-7-8-9-10-11-12-13-14-15-16-17-18-19-20-21-22-23-26(2)27(29)30-25-24-28/h28H,2-25H2,1H3. The molecule has 0 saturated heterocycles. The zero-order valence-corrected chi connectivity index (χ0v) is 20.2. The maximum Gasteiger partial charge on any atom is 0.333 e. The molecule has 0 spiro atoms. The smallest absolute Gasteiger partial charge is 0.333 e.